The number of likely N-dealkylation sites (tertiary alicyclic amines) is 1. The summed E-state index contributed by atoms with van der Waals surface area (Å²) in [7, 11) is 0. The highest BCUT2D eigenvalue weighted by atomic mass is 16.7. The Kier molecular flexibility index (Phi) is 3.39. The second-order valence-corrected chi connectivity index (χ2v) is 5.08. The number of ether oxygens (including phenoxy) is 2. The van der Waals surface area contributed by atoms with E-state index < -0.39 is 0 Å². The van der Waals surface area contributed by atoms with E-state index in [9.17, 15) is 5.11 Å². The van der Waals surface area contributed by atoms with Crippen LogP contribution in [0.5, 0.6) is 11.5 Å². The smallest absolute Gasteiger partial charge is 0.231 e. The van der Waals surface area contributed by atoms with Crippen molar-refractivity contribution in [1.29, 1.82) is 0 Å². The van der Waals surface area contributed by atoms with Crippen molar-refractivity contribution in [3.05, 3.63) is 23.8 Å². The van der Waals surface area contributed by atoms with Crippen LogP contribution >= 0.6 is 0 Å². The van der Waals surface area contributed by atoms with Gasteiger partial charge in [-0.1, -0.05) is 12.1 Å². The van der Waals surface area contributed by atoms with Crippen LogP contribution in [0.15, 0.2) is 18.2 Å². The van der Waals surface area contributed by atoms with Crippen LogP contribution in [0.1, 0.15) is 18.4 Å². The summed E-state index contributed by atoms with van der Waals surface area (Å²) in [4.78, 5) is 2.39. The third kappa shape index (κ3) is 2.31. The highest BCUT2D eigenvalue weighted by Gasteiger charge is 2.22. The molecule has 0 radical (unpaired) electrons. The predicted octanol–water partition coefficient (Wildman–Crippen LogP) is 1.62. The van der Waals surface area contributed by atoms with Crippen molar-refractivity contribution in [3.8, 4) is 11.5 Å². The normalized spacial score (nSPS) is 23.3. The number of hydrogen-bond acceptors (Lipinski definition) is 4. The Labute approximate surface area is 107 Å². The molecule has 98 valence electrons. The van der Waals surface area contributed by atoms with Gasteiger partial charge in [0.15, 0.2) is 11.5 Å². The fraction of sp³-hybridized carbons (Fsp3) is 0.571. The molecule has 4 heteroatoms. The number of aliphatic hydroxyl groups excluding tert-OH is 1. The van der Waals surface area contributed by atoms with Gasteiger partial charge < -0.3 is 14.6 Å². The molecule has 2 aliphatic rings. The molecular weight excluding hydrogens is 230 g/mol. The first-order valence-corrected chi connectivity index (χ1v) is 6.57. The summed E-state index contributed by atoms with van der Waals surface area (Å²) >= 11 is 0. The summed E-state index contributed by atoms with van der Waals surface area (Å²) in [5.74, 6) is 2.17. The number of aliphatic hydroxyl groups is 1. The van der Waals surface area contributed by atoms with Gasteiger partial charge >= 0.3 is 0 Å². The zero-order chi connectivity index (χ0) is 12.4. The molecule has 0 spiro atoms. The lowest BCUT2D eigenvalue weighted by atomic mass is 9.98. The fourth-order valence-electron chi connectivity index (χ4n) is 2.80. The molecule has 2 heterocycles. The van der Waals surface area contributed by atoms with Crippen molar-refractivity contribution >= 4 is 0 Å². The molecule has 3 rings (SSSR count). The van der Waals surface area contributed by atoms with E-state index >= 15 is 0 Å². The summed E-state index contributed by atoms with van der Waals surface area (Å²) in [6.45, 7) is 3.57. The van der Waals surface area contributed by atoms with Crippen LogP contribution in [0.3, 0.4) is 0 Å². The number of fused-ring (bicyclic) bond motifs is 1. The maximum atomic E-state index is 9.26. The van der Waals surface area contributed by atoms with Gasteiger partial charge in [0.2, 0.25) is 6.79 Å². The van der Waals surface area contributed by atoms with Gasteiger partial charge in [0.25, 0.3) is 0 Å². The monoisotopic (exact) mass is 249 g/mol. The minimum atomic E-state index is 0.295. The van der Waals surface area contributed by atoms with E-state index in [4.69, 9.17) is 9.47 Å². The first-order chi connectivity index (χ1) is 8.86. The number of benzene rings is 1. The molecular formula is C14H19NO3. The van der Waals surface area contributed by atoms with E-state index in [1.807, 2.05) is 12.1 Å². The Bertz CT molecular complexity index is 422. The van der Waals surface area contributed by atoms with Crippen molar-refractivity contribution in [1.82, 2.24) is 4.90 Å². The zero-order valence-electron chi connectivity index (χ0n) is 10.5. The van der Waals surface area contributed by atoms with Crippen LogP contribution in [-0.4, -0.2) is 36.5 Å². The Morgan fingerprint density at radius 2 is 2.28 bits per heavy atom. The molecule has 2 aliphatic heterocycles. The van der Waals surface area contributed by atoms with Gasteiger partial charge in [-0.3, -0.25) is 4.90 Å². The predicted molar refractivity (Wildman–Crippen MR) is 67.7 cm³/mol. The van der Waals surface area contributed by atoms with Crippen molar-refractivity contribution in [2.75, 3.05) is 26.5 Å². The van der Waals surface area contributed by atoms with E-state index in [1.165, 1.54) is 5.56 Å². The van der Waals surface area contributed by atoms with Crippen molar-refractivity contribution in [2.45, 2.75) is 19.4 Å². The van der Waals surface area contributed by atoms with Crippen LogP contribution < -0.4 is 9.47 Å². The molecule has 0 amide bonds. The van der Waals surface area contributed by atoms with Crippen LogP contribution in [-0.2, 0) is 6.54 Å². The highest BCUT2D eigenvalue weighted by Crippen LogP contribution is 2.36. The number of nitrogens with zero attached hydrogens (tertiary/aromatic N) is 1. The van der Waals surface area contributed by atoms with E-state index in [1.54, 1.807) is 0 Å². The number of rotatable bonds is 3. The molecule has 0 bridgehead atoms. The van der Waals surface area contributed by atoms with Gasteiger partial charge in [-0.05, 0) is 31.4 Å². The van der Waals surface area contributed by atoms with E-state index in [0.717, 1.165) is 44.0 Å². The third-order valence-corrected chi connectivity index (χ3v) is 3.73. The number of piperidine rings is 1. The third-order valence-electron chi connectivity index (χ3n) is 3.73. The first-order valence-electron chi connectivity index (χ1n) is 6.57. The fourth-order valence-corrected chi connectivity index (χ4v) is 2.80. The molecule has 1 saturated heterocycles. The van der Waals surface area contributed by atoms with Gasteiger partial charge in [0.05, 0.1) is 0 Å². The second kappa shape index (κ2) is 5.16. The van der Waals surface area contributed by atoms with E-state index in [0.29, 0.717) is 19.3 Å². The summed E-state index contributed by atoms with van der Waals surface area (Å²) in [6.07, 6.45) is 2.30. The van der Waals surface area contributed by atoms with Crippen LogP contribution in [0.4, 0.5) is 0 Å². The Hall–Kier alpha value is -1.26. The van der Waals surface area contributed by atoms with Crippen molar-refractivity contribution in [2.24, 2.45) is 5.92 Å². The van der Waals surface area contributed by atoms with Crippen molar-refractivity contribution in [3.63, 3.8) is 0 Å². The molecule has 0 aliphatic carbocycles. The molecule has 4 nitrogen and oxygen atoms in total. The molecule has 0 saturated carbocycles. The Balaban J connectivity index is 1.71. The van der Waals surface area contributed by atoms with Crippen molar-refractivity contribution < 1.29 is 14.6 Å². The van der Waals surface area contributed by atoms with Gasteiger partial charge in [0, 0.05) is 25.3 Å². The van der Waals surface area contributed by atoms with Crippen LogP contribution in [0.25, 0.3) is 0 Å². The average Bonchev–Trinajstić information content (AvgIpc) is 2.88. The molecule has 1 N–H and O–H groups in total. The Morgan fingerprint density at radius 1 is 1.33 bits per heavy atom. The van der Waals surface area contributed by atoms with E-state index in [-0.39, 0.29) is 0 Å². The molecule has 1 fully saturated rings. The average molecular weight is 249 g/mol. The quantitative estimate of drug-likeness (QED) is 0.884. The summed E-state index contributed by atoms with van der Waals surface area (Å²) in [6, 6.07) is 6.05. The van der Waals surface area contributed by atoms with Crippen LogP contribution in [0.2, 0.25) is 0 Å². The molecule has 18 heavy (non-hydrogen) atoms. The molecule has 1 aromatic carbocycles. The molecule has 1 aromatic rings. The lowest BCUT2D eigenvalue weighted by molar-refractivity contribution is 0.114. The summed E-state index contributed by atoms with van der Waals surface area (Å²) < 4.78 is 10.9. The number of hydrogen-bond donors (Lipinski definition) is 1. The van der Waals surface area contributed by atoms with Gasteiger partial charge in [0.1, 0.15) is 0 Å². The van der Waals surface area contributed by atoms with Gasteiger partial charge in [-0.25, -0.2) is 0 Å². The minimum Gasteiger partial charge on any atom is -0.454 e. The molecule has 1 atom stereocenters. The SMILES string of the molecule is OC[C@H]1CCCN(Cc2cccc3c2OCO3)C1. The maximum Gasteiger partial charge on any atom is 0.231 e. The van der Waals surface area contributed by atoms with E-state index in [2.05, 4.69) is 11.0 Å². The largest absolute Gasteiger partial charge is 0.454 e. The molecule has 0 unspecified atom stereocenters. The summed E-state index contributed by atoms with van der Waals surface area (Å²) in [5, 5.41) is 9.26. The Morgan fingerprint density at radius 3 is 3.17 bits per heavy atom. The van der Waals surface area contributed by atoms with Gasteiger partial charge in [-0.15, -0.1) is 0 Å². The highest BCUT2D eigenvalue weighted by molar-refractivity contribution is 5.48. The van der Waals surface area contributed by atoms with Gasteiger partial charge in [-0.2, -0.15) is 0 Å². The second-order valence-electron chi connectivity index (χ2n) is 5.08. The lowest BCUT2D eigenvalue weighted by Gasteiger charge is -2.31. The maximum absolute atomic E-state index is 9.26. The van der Waals surface area contributed by atoms with Crippen LogP contribution in [0, 0.1) is 5.92 Å². The topological polar surface area (TPSA) is 41.9 Å². The zero-order valence-corrected chi connectivity index (χ0v) is 10.5. The standard InChI is InChI=1S/C14H19NO3/c16-9-11-3-2-6-15(7-11)8-12-4-1-5-13-14(12)18-10-17-13/h1,4-5,11,16H,2-3,6-10H2/t11-/m0/s1. The first kappa shape index (κ1) is 11.8. The number of para-hydroxylation sites is 1. The minimum absolute atomic E-state index is 0.295. The molecule has 0 aromatic heterocycles. The summed E-state index contributed by atoms with van der Waals surface area (Å²) in [5.41, 5.74) is 1.18. The lowest BCUT2D eigenvalue weighted by Crippen LogP contribution is -2.36.